The van der Waals surface area contributed by atoms with E-state index in [0.29, 0.717) is 6.92 Å². The molecule has 0 aromatic carbocycles. The van der Waals surface area contributed by atoms with Gasteiger partial charge in [-0.1, -0.05) is 0 Å². The molecular formula is C32H55NO29. The molecule has 30 nitrogen and oxygen atoms in total. The molecule has 25 atom stereocenters. The van der Waals surface area contributed by atoms with Crippen molar-refractivity contribution in [1.29, 1.82) is 0 Å². The highest BCUT2D eigenvalue weighted by molar-refractivity contribution is 5.73. The van der Waals surface area contributed by atoms with Crippen LogP contribution in [0.5, 0.6) is 0 Å². The van der Waals surface area contributed by atoms with Crippen molar-refractivity contribution in [2.24, 2.45) is 0 Å². The van der Waals surface area contributed by atoms with Crippen LogP contribution in [0.3, 0.4) is 0 Å². The van der Waals surface area contributed by atoms with Crippen LogP contribution in [-0.2, 0) is 33.2 Å². The lowest BCUT2D eigenvalue weighted by molar-refractivity contribution is -0.564. The van der Waals surface area contributed by atoms with Crippen molar-refractivity contribution in [1.82, 2.24) is 5.32 Å². The highest BCUT2D eigenvalue weighted by Gasteiger charge is 2.93. The molecule has 0 aromatic rings. The fraction of sp³-hybridized carbons (Fsp3) is 0.969. The summed E-state index contributed by atoms with van der Waals surface area (Å²) in [6.07, 6.45) is -49.2. The molecule has 0 spiro atoms. The third-order valence-corrected chi connectivity index (χ3v) is 12.4. The predicted molar refractivity (Wildman–Crippen MR) is 182 cm³/mol. The molecule has 5 aliphatic rings. The SMILES string of the molecule is CC(=O)NC1C(O)C(O)C(CO)OC1(O)[C@]1(O)[C@@H](O)[C@@H](O[C@H]2[C@H](O)[C@@H](O)[C@H](O)O[C@@H]2CO)O[C@@](CO)(C2(O)OC(CO)C(O)C(O)C2O)[C@@]1(O)C1(O)OC(CO)C(O)C(O)C1O. The first-order chi connectivity index (χ1) is 28.7. The number of aliphatic hydroxyl groups excluding tert-OH is 17. The molecule has 5 rings (SSSR count). The van der Waals surface area contributed by atoms with Crippen molar-refractivity contribution in [2.75, 3.05) is 33.0 Å². The molecule has 0 aromatic heterocycles. The van der Waals surface area contributed by atoms with Crippen molar-refractivity contribution < 1.29 is 146 Å². The van der Waals surface area contributed by atoms with Crippen LogP contribution >= 0.6 is 0 Å². The van der Waals surface area contributed by atoms with Crippen LogP contribution in [0.2, 0.25) is 0 Å². The summed E-state index contributed by atoms with van der Waals surface area (Å²) in [4.78, 5) is 12.7. The van der Waals surface area contributed by atoms with Gasteiger partial charge in [0.05, 0.1) is 33.0 Å². The highest BCUT2D eigenvalue weighted by atomic mass is 16.8. The molecule has 5 heterocycles. The fourth-order valence-corrected chi connectivity index (χ4v) is 9.04. The standard InChI is InChI=1S/C32H55NO29/c1-7(39)33-21-16(44)12(40)8(2-34)59-29(21,53)28(52)24(50)26(58-20-11(5-37)57-25(51)19(47)15(20)43)62-27(6-38,30(54)22(48)17(45)13(41)9(3-35)60-30)32(28,56)31(55)23(49)18(46)14(42)10(4-36)61-31/h8-26,34-38,40-56H,2-6H2,1H3,(H,33,39)/t8?,9?,10?,11-,12?,13?,14?,15-,16?,17?,18?,19-,20-,21?,22?,23?,24+,25-,26+,27+,28-,29?,30?,31?,32+/m1/s1. The third kappa shape index (κ3) is 6.94. The maximum absolute atomic E-state index is 13.6. The minimum atomic E-state index is -5.24. The summed E-state index contributed by atoms with van der Waals surface area (Å²) in [5, 5.41) is 252. The first-order valence-electron chi connectivity index (χ1n) is 18.8. The van der Waals surface area contributed by atoms with Gasteiger partial charge in [0.25, 0.3) is 0 Å². The van der Waals surface area contributed by atoms with Crippen molar-refractivity contribution in [3.05, 3.63) is 0 Å². The normalized spacial score (nSPS) is 56.3. The van der Waals surface area contributed by atoms with Gasteiger partial charge in [0.1, 0.15) is 104 Å². The van der Waals surface area contributed by atoms with Crippen LogP contribution in [0.4, 0.5) is 0 Å². The number of hydrogen-bond donors (Lipinski definition) is 23. The lowest BCUT2D eigenvalue weighted by Crippen LogP contribution is -3.00. The number of nitrogens with one attached hydrogen (secondary N) is 1. The molecule has 0 bridgehead atoms. The average molecular weight is 918 g/mol. The average Bonchev–Trinajstić information content (AvgIpc) is 3.24. The summed E-state index contributed by atoms with van der Waals surface area (Å²) in [5.41, 5.74) is -15.0. The highest BCUT2D eigenvalue weighted by Crippen LogP contribution is 2.63. The summed E-state index contributed by atoms with van der Waals surface area (Å²) in [5.74, 6) is -15.2. The van der Waals surface area contributed by atoms with Crippen LogP contribution < -0.4 is 5.32 Å². The molecule has 5 saturated heterocycles. The largest absolute Gasteiger partial charge is 0.394 e. The summed E-state index contributed by atoms with van der Waals surface area (Å²) < 4.78 is 32.2. The summed E-state index contributed by atoms with van der Waals surface area (Å²) >= 11 is 0. The zero-order chi connectivity index (χ0) is 47.0. The van der Waals surface area contributed by atoms with E-state index in [4.69, 9.17) is 28.4 Å². The van der Waals surface area contributed by atoms with Gasteiger partial charge < -0.3 is 146 Å². The zero-order valence-electron chi connectivity index (χ0n) is 32.2. The molecule has 15 unspecified atom stereocenters. The molecule has 62 heavy (non-hydrogen) atoms. The molecule has 362 valence electrons. The lowest BCUT2D eigenvalue weighted by atomic mass is 9.52. The molecule has 1 amide bonds. The smallest absolute Gasteiger partial charge is 0.231 e. The topological polar surface area (TPSA) is 530 Å². The van der Waals surface area contributed by atoms with E-state index in [2.05, 4.69) is 0 Å². The molecule has 0 radical (unpaired) electrons. The van der Waals surface area contributed by atoms with E-state index < -0.39 is 189 Å². The monoisotopic (exact) mass is 917 g/mol. The minimum absolute atomic E-state index is 0.652. The van der Waals surface area contributed by atoms with Gasteiger partial charge in [-0.15, -0.1) is 0 Å². The Morgan fingerprint density at radius 2 is 0.968 bits per heavy atom. The lowest BCUT2D eigenvalue weighted by Gasteiger charge is -2.72. The fourth-order valence-electron chi connectivity index (χ4n) is 9.04. The van der Waals surface area contributed by atoms with Gasteiger partial charge in [0, 0.05) is 6.92 Å². The number of hydrogen-bond acceptors (Lipinski definition) is 29. The summed E-state index contributed by atoms with van der Waals surface area (Å²) in [7, 11) is 0. The van der Waals surface area contributed by atoms with Crippen LogP contribution in [0.25, 0.3) is 0 Å². The molecule has 0 aliphatic carbocycles. The van der Waals surface area contributed by atoms with E-state index in [1.54, 1.807) is 5.32 Å². The number of carbonyl (C=O) groups excluding carboxylic acids is 1. The number of aliphatic hydroxyl groups is 22. The quantitative estimate of drug-likeness (QED) is 0.0915. The Bertz CT molecular complexity index is 1570. The van der Waals surface area contributed by atoms with E-state index in [1.165, 1.54) is 0 Å². The van der Waals surface area contributed by atoms with Gasteiger partial charge in [-0.05, 0) is 0 Å². The molecule has 23 N–H and O–H groups in total. The van der Waals surface area contributed by atoms with Gasteiger partial charge in [0.2, 0.25) is 23.3 Å². The number of rotatable bonds is 11. The Morgan fingerprint density at radius 1 is 0.532 bits per heavy atom. The van der Waals surface area contributed by atoms with Gasteiger partial charge >= 0.3 is 0 Å². The van der Waals surface area contributed by atoms with Crippen molar-refractivity contribution in [3.8, 4) is 0 Å². The Morgan fingerprint density at radius 3 is 1.42 bits per heavy atom. The van der Waals surface area contributed by atoms with E-state index in [-0.39, 0.29) is 0 Å². The Hall–Kier alpha value is -1.65. The second-order valence-electron chi connectivity index (χ2n) is 15.8. The van der Waals surface area contributed by atoms with Gasteiger partial charge in [-0.25, -0.2) is 0 Å². The molecular weight excluding hydrogens is 862 g/mol. The maximum Gasteiger partial charge on any atom is 0.231 e. The van der Waals surface area contributed by atoms with Gasteiger partial charge in [0.15, 0.2) is 29.4 Å². The van der Waals surface area contributed by atoms with Gasteiger partial charge in [-0.3, -0.25) is 4.79 Å². The molecule has 5 fully saturated rings. The number of ether oxygens (including phenoxy) is 6. The van der Waals surface area contributed by atoms with Crippen molar-refractivity contribution >= 4 is 5.91 Å². The van der Waals surface area contributed by atoms with Crippen LogP contribution in [0, 0.1) is 0 Å². The summed E-state index contributed by atoms with van der Waals surface area (Å²) in [6, 6.07) is -3.00. The van der Waals surface area contributed by atoms with E-state index in [0.717, 1.165) is 0 Å². The van der Waals surface area contributed by atoms with Crippen LogP contribution in [-0.4, -0.2) is 302 Å². The minimum Gasteiger partial charge on any atom is -0.394 e. The van der Waals surface area contributed by atoms with Gasteiger partial charge in [-0.2, -0.15) is 0 Å². The van der Waals surface area contributed by atoms with Crippen LogP contribution in [0.15, 0.2) is 0 Å². The maximum atomic E-state index is 13.6. The molecule has 0 saturated carbocycles. The third-order valence-electron chi connectivity index (χ3n) is 12.4. The Balaban J connectivity index is 1.99. The predicted octanol–water partition coefficient (Wildman–Crippen LogP) is -15.7. The van der Waals surface area contributed by atoms with Crippen molar-refractivity contribution in [2.45, 2.75) is 157 Å². The van der Waals surface area contributed by atoms with E-state index >= 15 is 0 Å². The summed E-state index contributed by atoms with van der Waals surface area (Å²) in [6.45, 7) is -7.72. The Labute approximate surface area is 347 Å². The second-order valence-corrected chi connectivity index (χ2v) is 15.8. The molecule has 30 heteroatoms. The number of carbonyl (C=O) groups is 1. The Kier molecular flexibility index (Phi) is 14.8. The second kappa shape index (κ2) is 17.9. The van der Waals surface area contributed by atoms with Crippen LogP contribution in [0.1, 0.15) is 6.92 Å². The zero-order valence-corrected chi connectivity index (χ0v) is 32.2. The van der Waals surface area contributed by atoms with E-state index in [9.17, 15) is 117 Å². The first kappa shape index (κ1) is 51.3. The molecule has 5 aliphatic heterocycles. The number of amides is 1. The first-order valence-corrected chi connectivity index (χ1v) is 18.8. The van der Waals surface area contributed by atoms with E-state index in [1.807, 2.05) is 0 Å². The van der Waals surface area contributed by atoms with Crippen molar-refractivity contribution in [3.63, 3.8) is 0 Å².